The summed E-state index contributed by atoms with van der Waals surface area (Å²) in [7, 11) is -2.98. The molecule has 0 aliphatic rings. The van der Waals surface area contributed by atoms with Gasteiger partial charge in [0.15, 0.2) is 0 Å². The van der Waals surface area contributed by atoms with Crippen molar-refractivity contribution in [1.29, 1.82) is 0 Å². The Morgan fingerprint density at radius 2 is 2.00 bits per heavy atom. The molecule has 0 aromatic carbocycles. The molecule has 0 radical (unpaired) electrons. The lowest BCUT2D eigenvalue weighted by molar-refractivity contribution is -0.126. The third kappa shape index (κ3) is 5.45. The molecule has 0 heterocycles. The van der Waals surface area contributed by atoms with E-state index in [0.29, 0.717) is 19.4 Å². The Bertz CT molecular complexity index is 392. The third-order valence-corrected chi connectivity index (χ3v) is 4.21. The molecule has 0 bridgehead atoms. The summed E-state index contributed by atoms with van der Waals surface area (Å²) in [6, 6.07) is 0. The molecule has 0 aliphatic carbocycles. The molecule has 0 aliphatic heterocycles. The Labute approximate surface area is 108 Å². The Kier molecular flexibility index (Phi) is 6.04. The highest BCUT2D eigenvalue weighted by Crippen LogP contribution is 2.21. The van der Waals surface area contributed by atoms with Crippen molar-refractivity contribution in [2.24, 2.45) is 11.1 Å². The highest BCUT2D eigenvalue weighted by molar-refractivity contribution is 7.90. The largest absolute Gasteiger partial charge is 0.392 e. The van der Waals surface area contributed by atoms with Crippen LogP contribution in [-0.2, 0) is 14.6 Å². The number of carbonyl (C=O) groups excluding carboxylic acids is 1. The minimum absolute atomic E-state index is 0.0587. The molecule has 7 heteroatoms. The van der Waals surface area contributed by atoms with E-state index in [2.05, 4.69) is 5.32 Å². The summed E-state index contributed by atoms with van der Waals surface area (Å²) in [6.07, 6.45) is 2.07. The first-order valence-corrected chi connectivity index (χ1v) is 7.86. The lowest BCUT2D eigenvalue weighted by Gasteiger charge is -2.25. The zero-order valence-corrected chi connectivity index (χ0v) is 12.1. The van der Waals surface area contributed by atoms with E-state index < -0.39 is 15.3 Å². The van der Waals surface area contributed by atoms with Crippen LogP contribution in [0.3, 0.4) is 0 Å². The van der Waals surface area contributed by atoms with Gasteiger partial charge in [-0.2, -0.15) is 0 Å². The summed E-state index contributed by atoms with van der Waals surface area (Å²) in [4.78, 5) is 12.0. The normalized spacial score (nSPS) is 15.0. The fourth-order valence-electron chi connectivity index (χ4n) is 1.18. The fraction of sp³-hybridized carbons (Fsp3) is 0.800. The molecule has 1 amide bonds. The van der Waals surface area contributed by atoms with Crippen LogP contribution in [0.1, 0.15) is 26.7 Å². The molecular formula is C10H20N2O3S2. The number of rotatable bonds is 7. The number of nitrogens with two attached hydrogens (primary N) is 1. The van der Waals surface area contributed by atoms with Crippen LogP contribution in [0.2, 0.25) is 0 Å². The molecule has 0 aromatic rings. The van der Waals surface area contributed by atoms with E-state index in [-0.39, 0.29) is 16.6 Å². The van der Waals surface area contributed by atoms with Gasteiger partial charge >= 0.3 is 0 Å². The van der Waals surface area contributed by atoms with Gasteiger partial charge in [-0.25, -0.2) is 8.42 Å². The molecule has 0 saturated heterocycles. The van der Waals surface area contributed by atoms with Crippen LogP contribution in [0.5, 0.6) is 0 Å². The van der Waals surface area contributed by atoms with Crippen molar-refractivity contribution in [2.75, 3.05) is 18.6 Å². The van der Waals surface area contributed by atoms with Gasteiger partial charge in [-0.3, -0.25) is 4.79 Å². The predicted octanol–water partition coefficient (Wildman–Crippen LogP) is 0.240. The van der Waals surface area contributed by atoms with Crippen molar-refractivity contribution in [2.45, 2.75) is 26.7 Å². The van der Waals surface area contributed by atoms with Crippen molar-refractivity contribution >= 4 is 33.0 Å². The summed E-state index contributed by atoms with van der Waals surface area (Å²) in [5, 5.41) is 2.66. The topological polar surface area (TPSA) is 89.3 Å². The van der Waals surface area contributed by atoms with E-state index in [1.807, 2.05) is 6.92 Å². The summed E-state index contributed by atoms with van der Waals surface area (Å²) < 4.78 is 21.8. The van der Waals surface area contributed by atoms with Gasteiger partial charge < -0.3 is 11.1 Å². The molecule has 1 atom stereocenters. The monoisotopic (exact) mass is 280 g/mol. The first-order chi connectivity index (χ1) is 7.63. The highest BCUT2D eigenvalue weighted by Gasteiger charge is 2.34. The fourth-order valence-corrected chi connectivity index (χ4v) is 2.08. The zero-order valence-electron chi connectivity index (χ0n) is 10.4. The van der Waals surface area contributed by atoms with E-state index in [1.165, 1.54) is 6.26 Å². The Morgan fingerprint density at radius 1 is 1.47 bits per heavy atom. The van der Waals surface area contributed by atoms with Crippen LogP contribution >= 0.6 is 12.2 Å². The number of hydrogen-bond acceptors (Lipinski definition) is 4. The lowest BCUT2D eigenvalue weighted by Crippen LogP contribution is -2.46. The van der Waals surface area contributed by atoms with E-state index >= 15 is 0 Å². The smallest absolute Gasteiger partial charge is 0.232 e. The Hall–Kier alpha value is -0.690. The number of carbonyl (C=O) groups is 1. The van der Waals surface area contributed by atoms with Gasteiger partial charge in [-0.15, -0.1) is 0 Å². The van der Waals surface area contributed by atoms with E-state index in [9.17, 15) is 13.2 Å². The summed E-state index contributed by atoms with van der Waals surface area (Å²) in [5.41, 5.74) is 4.67. The molecule has 0 rings (SSSR count). The molecule has 0 fully saturated rings. The van der Waals surface area contributed by atoms with E-state index in [0.717, 1.165) is 0 Å². The van der Waals surface area contributed by atoms with Crippen LogP contribution in [0, 0.1) is 5.41 Å². The predicted molar refractivity (Wildman–Crippen MR) is 72.5 cm³/mol. The quantitative estimate of drug-likeness (QED) is 0.515. The first-order valence-electron chi connectivity index (χ1n) is 5.39. The van der Waals surface area contributed by atoms with E-state index in [4.69, 9.17) is 18.0 Å². The average molecular weight is 280 g/mol. The molecule has 0 aromatic heterocycles. The second kappa shape index (κ2) is 6.30. The van der Waals surface area contributed by atoms with Crippen LogP contribution < -0.4 is 11.1 Å². The van der Waals surface area contributed by atoms with E-state index in [1.54, 1.807) is 6.92 Å². The van der Waals surface area contributed by atoms with Gasteiger partial charge in [0.1, 0.15) is 9.84 Å². The molecule has 17 heavy (non-hydrogen) atoms. The maximum absolute atomic E-state index is 11.8. The van der Waals surface area contributed by atoms with Gasteiger partial charge in [0.2, 0.25) is 5.91 Å². The lowest BCUT2D eigenvalue weighted by atomic mass is 9.86. The number of nitrogens with one attached hydrogen (secondary N) is 1. The molecule has 3 N–H and O–H groups in total. The molecule has 0 saturated carbocycles. The second-order valence-corrected chi connectivity index (χ2v) is 6.99. The second-order valence-electron chi connectivity index (χ2n) is 4.29. The van der Waals surface area contributed by atoms with Crippen LogP contribution in [-0.4, -0.2) is 37.9 Å². The molecule has 100 valence electrons. The minimum atomic E-state index is -2.98. The molecule has 0 spiro atoms. The minimum Gasteiger partial charge on any atom is -0.392 e. The maximum atomic E-state index is 11.8. The van der Waals surface area contributed by atoms with Crippen molar-refractivity contribution in [3.8, 4) is 0 Å². The Morgan fingerprint density at radius 3 is 2.35 bits per heavy atom. The van der Waals surface area contributed by atoms with Crippen LogP contribution in [0.4, 0.5) is 0 Å². The van der Waals surface area contributed by atoms with Crippen molar-refractivity contribution in [3.63, 3.8) is 0 Å². The summed E-state index contributed by atoms with van der Waals surface area (Å²) >= 11 is 4.86. The van der Waals surface area contributed by atoms with Gasteiger partial charge in [0.25, 0.3) is 0 Å². The Balaban J connectivity index is 4.23. The standard InChI is InChI=1S/C10H20N2O3S2/c1-4-10(2,8(11)16)9(13)12-6-5-7-17(3,14)15/h4-7H2,1-3H3,(H2,11,16)(H,12,13). The van der Waals surface area contributed by atoms with Crippen LogP contribution in [0.25, 0.3) is 0 Å². The third-order valence-electron chi connectivity index (χ3n) is 2.73. The summed E-state index contributed by atoms with van der Waals surface area (Å²) in [5.74, 6) is -0.190. The van der Waals surface area contributed by atoms with Crippen molar-refractivity contribution in [3.05, 3.63) is 0 Å². The molecular weight excluding hydrogens is 260 g/mol. The van der Waals surface area contributed by atoms with Crippen LogP contribution in [0.15, 0.2) is 0 Å². The van der Waals surface area contributed by atoms with Gasteiger partial charge in [0, 0.05) is 12.8 Å². The SMILES string of the molecule is CCC(C)(C(=O)NCCCS(C)(=O)=O)C(N)=S. The maximum Gasteiger partial charge on any atom is 0.232 e. The van der Waals surface area contributed by atoms with Crippen molar-refractivity contribution < 1.29 is 13.2 Å². The number of hydrogen-bond donors (Lipinski definition) is 2. The highest BCUT2D eigenvalue weighted by atomic mass is 32.2. The number of amides is 1. The first kappa shape index (κ1) is 16.3. The number of thiocarbonyl (C=S) groups is 1. The van der Waals surface area contributed by atoms with Gasteiger partial charge in [-0.05, 0) is 19.8 Å². The molecule has 1 unspecified atom stereocenters. The van der Waals surface area contributed by atoms with Gasteiger partial charge in [0.05, 0.1) is 16.2 Å². The average Bonchev–Trinajstić information content (AvgIpc) is 2.21. The zero-order chi connectivity index (χ0) is 13.7. The van der Waals surface area contributed by atoms with Crippen molar-refractivity contribution in [1.82, 2.24) is 5.32 Å². The molecule has 5 nitrogen and oxygen atoms in total. The summed E-state index contributed by atoms with van der Waals surface area (Å²) in [6.45, 7) is 3.82. The number of sulfone groups is 1. The van der Waals surface area contributed by atoms with Gasteiger partial charge in [-0.1, -0.05) is 19.1 Å².